The van der Waals surface area contributed by atoms with E-state index in [0.717, 1.165) is 5.69 Å². The highest BCUT2D eigenvalue weighted by Gasteiger charge is 1.99. The van der Waals surface area contributed by atoms with Crippen molar-refractivity contribution in [2.75, 3.05) is 12.4 Å². The van der Waals surface area contributed by atoms with Crippen LogP contribution >= 0.6 is 0 Å². The molecule has 4 heteroatoms. The fourth-order valence-corrected chi connectivity index (χ4v) is 0.792. The summed E-state index contributed by atoms with van der Waals surface area (Å²) >= 11 is 0. The quantitative estimate of drug-likeness (QED) is 0.688. The third-order valence-corrected chi connectivity index (χ3v) is 1.33. The van der Waals surface area contributed by atoms with Gasteiger partial charge in [-0.3, -0.25) is 10.3 Å². The second-order valence-corrected chi connectivity index (χ2v) is 2.30. The van der Waals surface area contributed by atoms with Gasteiger partial charge in [0, 0.05) is 17.6 Å². The van der Waals surface area contributed by atoms with Crippen molar-refractivity contribution in [3.63, 3.8) is 0 Å². The molecule has 0 saturated heterocycles. The third kappa shape index (κ3) is 2.23. The van der Waals surface area contributed by atoms with Crippen molar-refractivity contribution in [1.29, 1.82) is 0 Å². The maximum atomic E-state index is 10.7. The number of ether oxygens (including phenoxy) is 1. The normalized spacial score (nSPS) is 9.17. The Hall–Kier alpha value is -1.58. The molecule has 1 amide bonds. The number of hydrogen-bond donors (Lipinski definition) is 1. The molecular formula is C8H10N2O2. The number of methoxy groups -OCH3 is 1. The SMILES string of the molecule is COC(=O)Nc1ccnc(C)c1. The summed E-state index contributed by atoms with van der Waals surface area (Å²) in [6.07, 6.45) is 1.15. The molecule has 0 spiro atoms. The number of carbonyl (C=O) groups excluding carboxylic acids is 1. The van der Waals surface area contributed by atoms with Crippen molar-refractivity contribution >= 4 is 11.8 Å². The number of aromatic nitrogens is 1. The fourth-order valence-electron chi connectivity index (χ4n) is 0.792. The van der Waals surface area contributed by atoms with Crippen LogP contribution < -0.4 is 5.32 Å². The van der Waals surface area contributed by atoms with E-state index in [0.29, 0.717) is 5.69 Å². The smallest absolute Gasteiger partial charge is 0.411 e. The first-order chi connectivity index (χ1) is 5.72. The minimum atomic E-state index is -0.472. The van der Waals surface area contributed by atoms with E-state index >= 15 is 0 Å². The average molecular weight is 166 g/mol. The lowest BCUT2D eigenvalue weighted by Gasteiger charge is -2.02. The van der Waals surface area contributed by atoms with E-state index in [1.807, 2.05) is 6.92 Å². The first-order valence-corrected chi connectivity index (χ1v) is 3.50. The lowest BCUT2D eigenvalue weighted by Crippen LogP contribution is -2.10. The van der Waals surface area contributed by atoms with Crippen molar-refractivity contribution in [2.45, 2.75) is 6.92 Å². The number of anilines is 1. The third-order valence-electron chi connectivity index (χ3n) is 1.33. The van der Waals surface area contributed by atoms with Crippen molar-refractivity contribution in [3.05, 3.63) is 24.0 Å². The van der Waals surface area contributed by atoms with Crippen LogP contribution in [0.1, 0.15) is 5.69 Å². The molecule has 4 nitrogen and oxygen atoms in total. The van der Waals surface area contributed by atoms with Crippen LogP contribution in [0, 0.1) is 6.92 Å². The summed E-state index contributed by atoms with van der Waals surface area (Å²) in [4.78, 5) is 14.7. The lowest BCUT2D eigenvalue weighted by atomic mass is 10.3. The fraction of sp³-hybridized carbons (Fsp3) is 0.250. The van der Waals surface area contributed by atoms with E-state index in [2.05, 4.69) is 15.0 Å². The van der Waals surface area contributed by atoms with Crippen LogP contribution in [0.15, 0.2) is 18.3 Å². The van der Waals surface area contributed by atoms with E-state index in [9.17, 15) is 4.79 Å². The molecule has 12 heavy (non-hydrogen) atoms. The molecule has 0 aromatic carbocycles. The molecule has 1 rings (SSSR count). The zero-order valence-electron chi connectivity index (χ0n) is 7.00. The number of nitrogens with one attached hydrogen (secondary N) is 1. The van der Waals surface area contributed by atoms with E-state index < -0.39 is 6.09 Å². The maximum Gasteiger partial charge on any atom is 0.411 e. The Morgan fingerprint density at radius 1 is 1.67 bits per heavy atom. The van der Waals surface area contributed by atoms with Gasteiger partial charge in [0.1, 0.15) is 0 Å². The van der Waals surface area contributed by atoms with Crippen LogP contribution in [0.25, 0.3) is 0 Å². The highest BCUT2D eigenvalue weighted by atomic mass is 16.5. The van der Waals surface area contributed by atoms with Crippen LogP contribution in [0.2, 0.25) is 0 Å². The van der Waals surface area contributed by atoms with Gasteiger partial charge in [-0.2, -0.15) is 0 Å². The van der Waals surface area contributed by atoms with E-state index in [4.69, 9.17) is 0 Å². The Morgan fingerprint density at radius 3 is 3.00 bits per heavy atom. The first-order valence-electron chi connectivity index (χ1n) is 3.50. The molecule has 64 valence electrons. The maximum absolute atomic E-state index is 10.7. The average Bonchev–Trinajstić information content (AvgIpc) is 2.04. The number of rotatable bonds is 1. The summed E-state index contributed by atoms with van der Waals surface area (Å²) in [5.41, 5.74) is 1.54. The zero-order valence-corrected chi connectivity index (χ0v) is 7.00. The predicted molar refractivity (Wildman–Crippen MR) is 45.0 cm³/mol. The van der Waals surface area contributed by atoms with E-state index in [1.54, 1.807) is 18.3 Å². The minimum Gasteiger partial charge on any atom is -0.453 e. The molecule has 1 aromatic heterocycles. The molecule has 0 aliphatic rings. The second-order valence-electron chi connectivity index (χ2n) is 2.30. The Labute approximate surface area is 70.6 Å². The number of amides is 1. The number of aryl methyl sites for hydroxylation is 1. The summed E-state index contributed by atoms with van der Waals surface area (Å²) in [5, 5.41) is 2.53. The van der Waals surface area contributed by atoms with Gasteiger partial charge >= 0.3 is 6.09 Å². The Kier molecular flexibility index (Phi) is 2.63. The topological polar surface area (TPSA) is 51.2 Å². The second kappa shape index (κ2) is 3.71. The van der Waals surface area contributed by atoms with Gasteiger partial charge in [0.25, 0.3) is 0 Å². The van der Waals surface area contributed by atoms with Crippen LogP contribution in [-0.4, -0.2) is 18.2 Å². The van der Waals surface area contributed by atoms with Crippen LogP contribution in [0.5, 0.6) is 0 Å². The Balaban J connectivity index is 2.69. The van der Waals surface area contributed by atoms with Gasteiger partial charge in [-0.25, -0.2) is 4.79 Å². The number of pyridine rings is 1. The van der Waals surface area contributed by atoms with Crippen molar-refractivity contribution in [1.82, 2.24) is 4.98 Å². The monoisotopic (exact) mass is 166 g/mol. The highest BCUT2D eigenvalue weighted by Crippen LogP contribution is 2.06. The summed E-state index contributed by atoms with van der Waals surface area (Å²) in [5.74, 6) is 0. The molecule has 0 aliphatic heterocycles. The molecule has 0 radical (unpaired) electrons. The van der Waals surface area contributed by atoms with Crippen LogP contribution in [-0.2, 0) is 4.74 Å². The lowest BCUT2D eigenvalue weighted by molar-refractivity contribution is 0.187. The van der Waals surface area contributed by atoms with E-state index in [-0.39, 0.29) is 0 Å². The molecule has 0 saturated carbocycles. The van der Waals surface area contributed by atoms with Gasteiger partial charge in [-0.05, 0) is 19.1 Å². The Morgan fingerprint density at radius 2 is 2.42 bits per heavy atom. The van der Waals surface area contributed by atoms with Gasteiger partial charge in [0.2, 0.25) is 0 Å². The van der Waals surface area contributed by atoms with Crippen molar-refractivity contribution in [3.8, 4) is 0 Å². The van der Waals surface area contributed by atoms with Gasteiger partial charge in [-0.15, -0.1) is 0 Å². The molecule has 0 atom stereocenters. The number of carbonyl (C=O) groups is 1. The van der Waals surface area contributed by atoms with Crippen molar-refractivity contribution in [2.24, 2.45) is 0 Å². The van der Waals surface area contributed by atoms with Gasteiger partial charge in [0.05, 0.1) is 7.11 Å². The summed E-state index contributed by atoms with van der Waals surface area (Å²) in [6.45, 7) is 1.85. The zero-order chi connectivity index (χ0) is 8.97. The summed E-state index contributed by atoms with van der Waals surface area (Å²) < 4.78 is 4.42. The molecule has 0 bridgehead atoms. The van der Waals surface area contributed by atoms with Crippen LogP contribution in [0.3, 0.4) is 0 Å². The molecule has 1 N–H and O–H groups in total. The molecular weight excluding hydrogens is 156 g/mol. The van der Waals surface area contributed by atoms with Crippen molar-refractivity contribution < 1.29 is 9.53 Å². The number of hydrogen-bond acceptors (Lipinski definition) is 3. The Bertz CT molecular complexity index is 286. The first kappa shape index (κ1) is 8.52. The molecule has 0 fully saturated rings. The number of nitrogens with zero attached hydrogens (tertiary/aromatic N) is 1. The summed E-state index contributed by atoms with van der Waals surface area (Å²) in [6, 6.07) is 3.46. The molecule has 0 unspecified atom stereocenters. The summed E-state index contributed by atoms with van der Waals surface area (Å²) in [7, 11) is 1.32. The standard InChI is InChI=1S/C8H10N2O2/c1-6-5-7(3-4-9-6)10-8(11)12-2/h3-5H,1-2H3,(H,9,10,11). The minimum absolute atomic E-state index is 0.472. The highest BCUT2D eigenvalue weighted by molar-refractivity contribution is 5.84. The van der Waals surface area contributed by atoms with Gasteiger partial charge in [-0.1, -0.05) is 0 Å². The molecule has 0 aliphatic carbocycles. The molecule has 1 aromatic rings. The van der Waals surface area contributed by atoms with Gasteiger partial charge < -0.3 is 4.74 Å². The van der Waals surface area contributed by atoms with Gasteiger partial charge in [0.15, 0.2) is 0 Å². The predicted octanol–water partition coefficient (Wildman–Crippen LogP) is 1.57. The van der Waals surface area contributed by atoms with Crippen LogP contribution in [0.4, 0.5) is 10.5 Å². The van der Waals surface area contributed by atoms with E-state index in [1.165, 1.54) is 7.11 Å². The molecule has 1 heterocycles. The largest absolute Gasteiger partial charge is 0.453 e.